The van der Waals surface area contributed by atoms with Crippen LogP contribution in [0.3, 0.4) is 0 Å². The Morgan fingerprint density at radius 3 is 2.72 bits per heavy atom. The van der Waals surface area contributed by atoms with E-state index in [0.717, 1.165) is 23.8 Å². The second-order valence-corrected chi connectivity index (χ2v) is 6.77. The molecule has 7 nitrogen and oxygen atoms in total. The van der Waals surface area contributed by atoms with Gasteiger partial charge >= 0.3 is 5.97 Å². The van der Waals surface area contributed by atoms with E-state index in [1.165, 1.54) is 24.4 Å². The fourth-order valence-corrected chi connectivity index (χ4v) is 3.16. The number of esters is 1. The van der Waals surface area contributed by atoms with Crippen LogP contribution >= 0.6 is 11.8 Å². The Hall–Kier alpha value is -2.35. The van der Waals surface area contributed by atoms with E-state index in [1.54, 1.807) is 0 Å². The van der Waals surface area contributed by atoms with Gasteiger partial charge in [0.1, 0.15) is 12.4 Å². The van der Waals surface area contributed by atoms with Crippen molar-refractivity contribution in [2.45, 2.75) is 30.5 Å². The molecule has 1 aliphatic rings. The largest absolute Gasteiger partial charge is 0.468 e. The number of rotatable bonds is 8. The molecule has 8 heteroatoms. The quantitative estimate of drug-likeness (QED) is 0.568. The average Bonchev–Trinajstić information content (AvgIpc) is 3.41. The maximum absolute atomic E-state index is 11.9. The van der Waals surface area contributed by atoms with E-state index in [4.69, 9.17) is 0 Å². The summed E-state index contributed by atoms with van der Waals surface area (Å²) in [5, 5.41) is 11.8. The highest BCUT2D eigenvalue weighted by molar-refractivity contribution is 7.99. The third-order valence-electron chi connectivity index (χ3n) is 3.86. The van der Waals surface area contributed by atoms with Crippen LogP contribution in [0.15, 0.2) is 35.5 Å². The van der Waals surface area contributed by atoms with Crippen LogP contribution in [0, 0.1) is 0 Å². The van der Waals surface area contributed by atoms with Crippen molar-refractivity contribution in [1.82, 2.24) is 20.1 Å². The van der Waals surface area contributed by atoms with E-state index in [0.29, 0.717) is 12.5 Å². The predicted molar refractivity (Wildman–Crippen MR) is 93.3 cm³/mol. The lowest BCUT2D eigenvalue weighted by Crippen LogP contribution is -2.31. The van der Waals surface area contributed by atoms with Crippen molar-refractivity contribution in [2.75, 3.05) is 19.4 Å². The predicted octanol–water partition coefficient (Wildman–Crippen LogP) is 1.59. The molecule has 1 aliphatic carbocycles. The van der Waals surface area contributed by atoms with E-state index < -0.39 is 5.97 Å². The van der Waals surface area contributed by atoms with E-state index >= 15 is 0 Å². The molecule has 1 amide bonds. The summed E-state index contributed by atoms with van der Waals surface area (Å²) in [6, 6.07) is 10.1. The number of hydrogen-bond donors (Lipinski definition) is 1. The van der Waals surface area contributed by atoms with Gasteiger partial charge in [-0.2, -0.15) is 0 Å². The van der Waals surface area contributed by atoms with Crippen LogP contribution < -0.4 is 5.32 Å². The Morgan fingerprint density at radius 1 is 1.28 bits per heavy atom. The van der Waals surface area contributed by atoms with Crippen molar-refractivity contribution in [3.8, 4) is 0 Å². The second kappa shape index (κ2) is 8.15. The number of aromatic nitrogens is 3. The van der Waals surface area contributed by atoms with Gasteiger partial charge < -0.3 is 14.6 Å². The van der Waals surface area contributed by atoms with Gasteiger partial charge in [-0.05, 0) is 18.4 Å². The molecule has 0 unspecified atom stereocenters. The maximum atomic E-state index is 11.9. The molecule has 1 aromatic heterocycles. The van der Waals surface area contributed by atoms with Crippen LogP contribution in [-0.4, -0.2) is 46.0 Å². The van der Waals surface area contributed by atoms with Crippen molar-refractivity contribution in [3.05, 3.63) is 41.7 Å². The molecular weight excluding hydrogens is 340 g/mol. The number of hydrogen-bond acceptors (Lipinski definition) is 6. The molecule has 0 spiro atoms. The second-order valence-electron chi connectivity index (χ2n) is 5.83. The van der Waals surface area contributed by atoms with Gasteiger partial charge in [-0.1, -0.05) is 42.1 Å². The monoisotopic (exact) mass is 360 g/mol. The third kappa shape index (κ3) is 4.82. The number of carbonyl (C=O) groups excluding carboxylic acids is 2. The first-order chi connectivity index (χ1) is 12.2. The number of methoxy groups -OCH3 is 1. The highest BCUT2D eigenvalue weighted by atomic mass is 32.2. The third-order valence-corrected chi connectivity index (χ3v) is 4.83. The zero-order valence-corrected chi connectivity index (χ0v) is 14.8. The van der Waals surface area contributed by atoms with Gasteiger partial charge in [-0.15, -0.1) is 10.2 Å². The normalized spacial score (nSPS) is 13.5. The summed E-state index contributed by atoms with van der Waals surface area (Å²) in [4.78, 5) is 22.9. The van der Waals surface area contributed by atoms with Gasteiger partial charge in [0.05, 0.1) is 19.4 Å². The maximum Gasteiger partial charge on any atom is 0.325 e. The van der Waals surface area contributed by atoms with Gasteiger partial charge in [-0.25, -0.2) is 0 Å². The van der Waals surface area contributed by atoms with Gasteiger partial charge in [-0.3, -0.25) is 9.59 Å². The van der Waals surface area contributed by atoms with E-state index in [-0.39, 0.29) is 18.2 Å². The molecule has 1 fully saturated rings. The minimum absolute atomic E-state index is 0.125. The number of nitrogens with zero attached hydrogens (tertiary/aromatic N) is 3. The smallest absolute Gasteiger partial charge is 0.325 e. The van der Waals surface area contributed by atoms with Gasteiger partial charge in [0.15, 0.2) is 5.16 Å². The molecule has 3 rings (SSSR count). The Kier molecular flexibility index (Phi) is 5.70. The molecule has 1 N–H and O–H groups in total. The topological polar surface area (TPSA) is 86.1 Å². The van der Waals surface area contributed by atoms with E-state index in [9.17, 15) is 9.59 Å². The average molecular weight is 360 g/mol. The summed E-state index contributed by atoms with van der Waals surface area (Å²) in [5.41, 5.74) is 1.17. The summed E-state index contributed by atoms with van der Waals surface area (Å²) in [6.45, 7) is 0.561. The molecule has 1 saturated carbocycles. The molecule has 1 aromatic carbocycles. The zero-order chi connectivity index (χ0) is 17.6. The Labute approximate surface area is 150 Å². The van der Waals surface area contributed by atoms with Crippen LogP contribution in [-0.2, 0) is 20.9 Å². The highest BCUT2D eigenvalue weighted by Crippen LogP contribution is 2.40. The van der Waals surface area contributed by atoms with Crippen LogP contribution in [0.1, 0.15) is 30.1 Å². The summed E-state index contributed by atoms with van der Waals surface area (Å²) >= 11 is 1.32. The lowest BCUT2D eigenvalue weighted by atomic mass is 10.2. The summed E-state index contributed by atoms with van der Waals surface area (Å²) < 4.78 is 6.59. The number of benzene rings is 1. The van der Waals surface area contributed by atoms with Crippen LogP contribution in [0.25, 0.3) is 0 Å². The number of amides is 1. The summed E-state index contributed by atoms with van der Waals surface area (Å²) in [7, 11) is 1.29. The van der Waals surface area contributed by atoms with Gasteiger partial charge in [0, 0.05) is 5.92 Å². The zero-order valence-electron chi connectivity index (χ0n) is 14.0. The number of thioether (sulfide) groups is 1. The fourth-order valence-electron chi connectivity index (χ4n) is 2.39. The fraction of sp³-hybridized carbons (Fsp3) is 0.412. The Morgan fingerprint density at radius 2 is 2.04 bits per heavy atom. The minimum Gasteiger partial charge on any atom is -0.468 e. The Balaban J connectivity index is 1.65. The van der Waals surface area contributed by atoms with Crippen molar-refractivity contribution in [2.24, 2.45) is 0 Å². The van der Waals surface area contributed by atoms with Crippen LogP contribution in [0.5, 0.6) is 0 Å². The molecule has 0 aliphatic heterocycles. The molecular formula is C17H20N4O3S. The minimum atomic E-state index is -0.471. The van der Waals surface area contributed by atoms with Gasteiger partial charge in [0.2, 0.25) is 5.91 Å². The van der Waals surface area contributed by atoms with E-state index in [2.05, 4.69) is 37.0 Å². The lowest BCUT2D eigenvalue weighted by molar-refractivity contribution is -0.140. The molecule has 0 bridgehead atoms. The number of nitrogens with one attached hydrogen (secondary N) is 1. The number of ether oxygens (including phenoxy) is 1. The van der Waals surface area contributed by atoms with Crippen LogP contribution in [0.4, 0.5) is 0 Å². The molecule has 0 atom stereocenters. The van der Waals surface area contributed by atoms with E-state index in [1.807, 2.05) is 18.2 Å². The molecule has 0 saturated heterocycles. The van der Waals surface area contributed by atoms with Crippen LogP contribution in [0.2, 0.25) is 0 Å². The summed E-state index contributed by atoms with van der Waals surface area (Å²) in [6.07, 6.45) is 2.27. The van der Waals surface area contributed by atoms with Crippen molar-refractivity contribution in [1.29, 1.82) is 0 Å². The lowest BCUT2D eigenvalue weighted by Gasteiger charge is -2.10. The van der Waals surface area contributed by atoms with Crippen molar-refractivity contribution >= 4 is 23.6 Å². The first-order valence-corrected chi connectivity index (χ1v) is 9.09. The first kappa shape index (κ1) is 17.5. The molecule has 2 aromatic rings. The van der Waals surface area contributed by atoms with Crippen molar-refractivity contribution in [3.63, 3.8) is 0 Å². The highest BCUT2D eigenvalue weighted by Gasteiger charge is 2.30. The molecule has 1 heterocycles. The standard InChI is InChI=1S/C17H20N4O3S/c1-24-15(23)9-18-14(22)11-25-17-20-19-16(13-7-8-13)21(17)10-12-5-3-2-4-6-12/h2-6,13H,7-11H2,1H3,(H,18,22). The SMILES string of the molecule is COC(=O)CNC(=O)CSc1nnc(C2CC2)n1Cc1ccccc1. The summed E-state index contributed by atoms with van der Waals surface area (Å²) in [5.74, 6) is 0.925. The first-order valence-electron chi connectivity index (χ1n) is 8.10. The number of carbonyl (C=O) groups is 2. The molecule has 0 radical (unpaired) electrons. The Bertz CT molecular complexity index is 744. The van der Waals surface area contributed by atoms with Gasteiger partial charge in [0.25, 0.3) is 0 Å². The van der Waals surface area contributed by atoms with Crippen molar-refractivity contribution < 1.29 is 14.3 Å². The molecule has 25 heavy (non-hydrogen) atoms. The molecule has 132 valence electrons.